The first-order valence-corrected chi connectivity index (χ1v) is 11.6. The van der Waals surface area contributed by atoms with Crippen molar-refractivity contribution < 1.29 is 14.4 Å². The van der Waals surface area contributed by atoms with Gasteiger partial charge in [0, 0.05) is 10.0 Å². The van der Waals surface area contributed by atoms with E-state index in [-0.39, 0.29) is 5.91 Å². The Morgan fingerprint density at radius 3 is 2.15 bits per heavy atom. The molecule has 0 saturated carbocycles. The van der Waals surface area contributed by atoms with Crippen LogP contribution in [0.25, 0.3) is 10.8 Å². The van der Waals surface area contributed by atoms with E-state index in [2.05, 4.69) is 0 Å². The Morgan fingerprint density at radius 2 is 1.38 bits per heavy atom. The Kier molecular flexibility index (Phi) is 5.06. The maximum absolute atomic E-state index is 13.8. The molecule has 2 aliphatic heterocycles. The van der Waals surface area contributed by atoms with Crippen LogP contribution in [0.1, 0.15) is 11.6 Å². The van der Waals surface area contributed by atoms with Gasteiger partial charge in [-0.3, -0.25) is 14.4 Å². The number of halogens is 2. The minimum atomic E-state index is -0.963. The van der Waals surface area contributed by atoms with Crippen molar-refractivity contribution in [2.24, 2.45) is 5.92 Å². The van der Waals surface area contributed by atoms with Gasteiger partial charge in [0.25, 0.3) is 5.91 Å². The minimum absolute atomic E-state index is 0.341. The first-order valence-electron chi connectivity index (χ1n) is 10.9. The SMILES string of the molecule is O=C1[C@@H]2[C@H](ON(c3ccccc3)[C@H]2c2cccc3ccccc23)C(=O)N1c1cc(Cl)cc(Cl)c1. The van der Waals surface area contributed by atoms with Crippen molar-refractivity contribution in [2.45, 2.75) is 12.1 Å². The summed E-state index contributed by atoms with van der Waals surface area (Å²) in [7, 11) is 0. The highest BCUT2D eigenvalue weighted by Crippen LogP contribution is 2.49. The monoisotopic (exact) mass is 488 g/mol. The van der Waals surface area contributed by atoms with Crippen molar-refractivity contribution in [3.8, 4) is 0 Å². The van der Waals surface area contributed by atoms with Crippen LogP contribution in [-0.2, 0) is 14.4 Å². The zero-order chi connectivity index (χ0) is 23.4. The summed E-state index contributed by atoms with van der Waals surface area (Å²) in [4.78, 5) is 34.7. The molecule has 0 spiro atoms. The highest BCUT2D eigenvalue weighted by molar-refractivity contribution is 6.35. The van der Waals surface area contributed by atoms with Crippen molar-refractivity contribution in [3.05, 3.63) is 107 Å². The molecule has 3 atom stereocenters. The number of nitrogens with zero attached hydrogens (tertiary/aromatic N) is 2. The molecule has 2 aliphatic rings. The van der Waals surface area contributed by atoms with Crippen molar-refractivity contribution >= 4 is 57.2 Å². The number of carbonyl (C=O) groups is 2. The molecule has 168 valence electrons. The van der Waals surface area contributed by atoms with E-state index in [1.807, 2.05) is 72.8 Å². The van der Waals surface area contributed by atoms with E-state index in [9.17, 15) is 9.59 Å². The Morgan fingerprint density at radius 1 is 0.706 bits per heavy atom. The summed E-state index contributed by atoms with van der Waals surface area (Å²) in [6.07, 6.45) is -0.963. The minimum Gasteiger partial charge on any atom is -0.273 e. The van der Waals surface area contributed by atoms with E-state index >= 15 is 0 Å². The zero-order valence-corrected chi connectivity index (χ0v) is 19.3. The molecule has 0 unspecified atom stereocenters. The fourth-order valence-corrected chi connectivity index (χ4v) is 5.47. The first-order chi connectivity index (χ1) is 16.5. The predicted molar refractivity (Wildman–Crippen MR) is 133 cm³/mol. The molecule has 6 rings (SSSR count). The molecule has 4 aromatic carbocycles. The number of hydroxylamine groups is 1. The molecule has 2 heterocycles. The van der Waals surface area contributed by atoms with Crippen LogP contribution in [0.4, 0.5) is 11.4 Å². The van der Waals surface area contributed by atoms with E-state index < -0.39 is 24.0 Å². The standard InChI is InChI=1S/C27H18Cl2N2O3/c28-17-13-18(29)15-20(14-17)30-26(32)23-24(22-12-6-8-16-7-4-5-11-21(16)22)31(34-25(23)27(30)33)19-9-2-1-3-10-19/h1-15,23-25H/t23-,24-,25-/m0/s1. The predicted octanol–water partition coefficient (Wildman–Crippen LogP) is 6.20. The van der Waals surface area contributed by atoms with Gasteiger partial charge in [0.2, 0.25) is 5.91 Å². The Balaban J connectivity index is 1.51. The average Bonchev–Trinajstić information content (AvgIpc) is 3.34. The largest absolute Gasteiger partial charge is 0.273 e. The molecule has 34 heavy (non-hydrogen) atoms. The van der Waals surface area contributed by atoms with Gasteiger partial charge in [-0.15, -0.1) is 0 Å². The molecule has 5 nitrogen and oxygen atoms in total. The molecule has 7 heteroatoms. The van der Waals surface area contributed by atoms with E-state index in [1.165, 1.54) is 0 Å². The second-order valence-corrected chi connectivity index (χ2v) is 9.24. The second-order valence-electron chi connectivity index (χ2n) is 8.37. The Bertz CT molecular complexity index is 1420. The molecule has 2 amide bonds. The number of amides is 2. The Hall–Kier alpha value is -3.38. The van der Waals surface area contributed by atoms with Gasteiger partial charge in [0.1, 0.15) is 5.92 Å². The molecular formula is C27H18Cl2N2O3. The van der Waals surface area contributed by atoms with Gasteiger partial charge in [0.15, 0.2) is 6.10 Å². The summed E-state index contributed by atoms with van der Waals surface area (Å²) in [5.41, 5.74) is 2.03. The number of anilines is 2. The van der Waals surface area contributed by atoms with Crippen LogP contribution < -0.4 is 9.96 Å². The number of rotatable bonds is 3. The average molecular weight is 489 g/mol. The van der Waals surface area contributed by atoms with Crippen LogP contribution in [-0.4, -0.2) is 17.9 Å². The van der Waals surface area contributed by atoms with Gasteiger partial charge in [-0.05, 0) is 46.7 Å². The van der Waals surface area contributed by atoms with Crippen molar-refractivity contribution in [1.29, 1.82) is 0 Å². The highest BCUT2D eigenvalue weighted by atomic mass is 35.5. The lowest BCUT2D eigenvalue weighted by Crippen LogP contribution is -2.37. The number of carbonyl (C=O) groups excluding carboxylic acids is 2. The van der Waals surface area contributed by atoms with E-state index in [0.717, 1.165) is 26.9 Å². The van der Waals surface area contributed by atoms with Crippen molar-refractivity contribution in [2.75, 3.05) is 9.96 Å². The van der Waals surface area contributed by atoms with Crippen molar-refractivity contribution in [1.82, 2.24) is 0 Å². The third-order valence-corrected chi connectivity index (χ3v) is 6.81. The van der Waals surface area contributed by atoms with Gasteiger partial charge in [0.05, 0.1) is 17.4 Å². The maximum Gasteiger partial charge on any atom is 0.266 e. The van der Waals surface area contributed by atoms with Crippen molar-refractivity contribution in [3.63, 3.8) is 0 Å². The smallest absolute Gasteiger partial charge is 0.266 e. The fraction of sp³-hybridized carbons (Fsp3) is 0.111. The highest BCUT2D eigenvalue weighted by Gasteiger charge is 2.60. The Labute approximate surface area is 206 Å². The van der Waals surface area contributed by atoms with Crippen LogP contribution in [0.15, 0.2) is 91.0 Å². The first kappa shape index (κ1) is 21.2. The van der Waals surface area contributed by atoms with Crippen LogP contribution >= 0.6 is 23.2 Å². The topological polar surface area (TPSA) is 49.9 Å². The number of imide groups is 1. The molecule has 0 bridgehead atoms. The second kappa shape index (κ2) is 8.13. The summed E-state index contributed by atoms with van der Waals surface area (Å²) >= 11 is 12.3. The number of benzene rings is 4. The molecule has 0 aliphatic carbocycles. The summed E-state index contributed by atoms with van der Waals surface area (Å²) in [6, 6.07) is 27.7. The quantitative estimate of drug-likeness (QED) is 0.322. The lowest BCUT2D eigenvalue weighted by atomic mass is 9.87. The lowest BCUT2D eigenvalue weighted by Gasteiger charge is -2.29. The van der Waals surface area contributed by atoms with Gasteiger partial charge < -0.3 is 0 Å². The van der Waals surface area contributed by atoms with E-state index in [4.69, 9.17) is 28.0 Å². The van der Waals surface area contributed by atoms with Gasteiger partial charge in [-0.1, -0.05) is 83.9 Å². The summed E-state index contributed by atoms with van der Waals surface area (Å²) < 4.78 is 0. The molecular weight excluding hydrogens is 471 g/mol. The normalized spacial score (nSPS) is 22.0. The number of fused-ring (bicyclic) bond motifs is 2. The summed E-state index contributed by atoms with van der Waals surface area (Å²) in [5.74, 6) is -1.52. The maximum atomic E-state index is 13.8. The van der Waals surface area contributed by atoms with Crippen LogP contribution in [0.3, 0.4) is 0 Å². The zero-order valence-electron chi connectivity index (χ0n) is 17.8. The van der Waals surface area contributed by atoms with E-state index in [1.54, 1.807) is 23.3 Å². The van der Waals surface area contributed by atoms with E-state index in [0.29, 0.717) is 15.7 Å². The molecule has 2 fully saturated rings. The molecule has 0 radical (unpaired) electrons. The molecule has 0 N–H and O–H groups in total. The van der Waals surface area contributed by atoms with Gasteiger partial charge >= 0.3 is 0 Å². The van der Waals surface area contributed by atoms with Crippen LogP contribution in [0.5, 0.6) is 0 Å². The number of hydrogen-bond acceptors (Lipinski definition) is 4. The van der Waals surface area contributed by atoms with Gasteiger partial charge in [-0.2, -0.15) is 0 Å². The van der Waals surface area contributed by atoms with Crippen LogP contribution in [0.2, 0.25) is 10.0 Å². The third-order valence-electron chi connectivity index (χ3n) is 6.37. The fourth-order valence-electron chi connectivity index (χ4n) is 4.96. The summed E-state index contributed by atoms with van der Waals surface area (Å²) in [6.45, 7) is 0. The lowest BCUT2D eigenvalue weighted by molar-refractivity contribution is -0.126. The molecule has 0 aromatic heterocycles. The molecule has 4 aromatic rings. The third kappa shape index (κ3) is 3.28. The number of hydrogen-bond donors (Lipinski definition) is 0. The number of para-hydroxylation sites is 1. The summed E-state index contributed by atoms with van der Waals surface area (Å²) in [5, 5.41) is 4.45. The van der Waals surface area contributed by atoms with Crippen LogP contribution in [0, 0.1) is 5.92 Å². The van der Waals surface area contributed by atoms with Gasteiger partial charge in [-0.25, -0.2) is 9.96 Å². The molecule has 2 saturated heterocycles.